The molecular formula is C18H16ClN3O2. The fraction of sp³-hybridized carbons (Fsp3) is 0.111. The van der Waals surface area contributed by atoms with Gasteiger partial charge in [-0.15, -0.1) is 0 Å². The number of rotatable bonds is 3. The number of hydrogen-bond donors (Lipinski definition) is 3. The van der Waals surface area contributed by atoms with E-state index in [4.69, 9.17) is 11.6 Å². The molecule has 0 unspecified atom stereocenters. The second kappa shape index (κ2) is 6.76. The highest BCUT2D eigenvalue weighted by atomic mass is 35.5. The molecule has 0 spiro atoms. The van der Waals surface area contributed by atoms with Crippen LogP contribution < -0.4 is 16.0 Å². The van der Waals surface area contributed by atoms with Crippen molar-refractivity contribution in [2.75, 3.05) is 5.32 Å². The number of carbonyl (C=O) groups excluding carboxylic acids is 2. The van der Waals surface area contributed by atoms with E-state index in [1.54, 1.807) is 37.3 Å². The molecule has 2 aromatic rings. The summed E-state index contributed by atoms with van der Waals surface area (Å²) in [6.07, 6.45) is 0. The Hall–Kier alpha value is -2.79. The van der Waals surface area contributed by atoms with Gasteiger partial charge in [0.1, 0.15) is 0 Å². The first kappa shape index (κ1) is 16.1. The first-order chi connectivity index (χ1) is 11.6. The average Bonchev–Trinajstić information content (AvgIpc) is 2.55. The molecule has 0 saturated heterocycles. The van der Waals surface area contributed by atoms with E-state index in [0.29, 0.717) is 27.5 Å². The summed E-state index contributed by atoms with van der Waals surface area (Å²) in [5.74, 6) is -0.295. The van der Waals surface area contributed by atoms with Gasteiger partial charge in [0.2, 0.25) is 0 Å². The summed E-state index contributed by atoms with van der Waals surface area (Å²) in [5.41, 5.74) is 2.27. The van der Waals surface area contributed by atoms with Crippen LogP contribution in [0.4, 0.5) is 10.5 Å². The van der Waals surface area contributed by atoms with Gasteiger partial charge in [-0.05, 0) is 30.7 Å². The Morgan fingerprint density at radius 3 is 2.46 bits per heavy atom. The highest BCUT2D eigenvalue weighted by Crippen LogP contribution is 2.31. The number of carbonyl (C=O) groups is 2. The minimum atomic E-state index is -0.615. The molecule has 0 radical (unpaired) electrons. The van der Waals surface area contributed by atoms with E-state index in [2.05, 4.69) is 16.0 Å². The van der Waals surface area contributed by atoms with Crippen LogP contribution in [0.2, 0.25) is 5.02 Å². The molecule has 1 aliphatic heterocycles. The van der Waals surface area contributed by atoms with Crippen molar-refractivity contribution in [3.05, 3.63) is 76.5 Å². The van der Waals surface area contributed by atoms with Crippen molar-refractivity contribution in [3.8, 4) is 0 Å². The maximum atomic E-state index is 12.8. The SMILES string of the molecule is CC1=C(C(=O)Nc2ccccc2)[C@H](c2ccccc2Cl)NC(=O)N1. The van der Waals surface area contributed by atoms with Crippen molar-refractivity contribution in [2.24, 2.45) is 0 Å². The molecule has 1 heterocycles. The summed E-state index contributed by atoms with van der Waals surface area (Å²) < 4.78 is 0. The molecule has 1 aliphatic rings. The minimum absolute atomic E-state index is 0.295. The molecular weight excluding hydrogens is 326 g/mol. The summed E-state index contributed by atoms with van der Waals surface area (Å²) >= 11 is 6.26. The zero-order valence-corrected chi connectivity index (χ0v) is 13.7. The van der Waals surface area contributed by atoms with E-state index in [-0.39, 0.29) is 11.9 Å². The third-order valence-electron chi connectivity index (χ3n) is 3.76. The lowest BCUT2D eigenvalue weighted by Crippen LogP contribution is -2.46. The van der Waals surface area contributed by atoms with E-state index in [1.807, 2.05) is 24.3 Å². The maximum absolute atomic E-state index is 12.8. The summed E-state index contributed by atoms with van der Waals surface area (Å²) in [5, 5.41) is 8.74. The van der Waals surface area contributed by atoms with Crippen LogP contribution in [0, 0.1) is 0 Å². The predicted molar refractivity (Wildman–Crippen MR) is 93.6 cm³/mol. The number of anilines is 1. The van der Waals surface area contributed by atoms with Crippen LogP contribution in [-0.4, -0.2) is 11.9 Å². The highest BCUT2D eigenvalue weighted by Gasteiger charge is 2.32. The van der Waals surface area contributed by atoms with Crippen molar-refractivity contribution in [2.45, 2.75) is 13.0 Å². The summed E-state index contributed by atoms with van der Waals surface area (Å²) in [4.78, 5) is 24.6. The Kier molecular flexibility index (Phi) is 4.53. The number of halogens is 1. The lowest BCUT2D eigenvalue weighted by Gasteiger charge is -2.29. The summed E-state index contributed by atoms with van der Waals surface area (Å²) in [7, 11) is 0. The zero-order valence-electron chi connectivity index (χ0n) is 13.0. The summed E-state index contributed by atoms with van der Waals surface area (Å²) in [6, 6.07) is 15.3. The molecule has 24 heavy (non-hydrogen) atoms. The lowest BCUT2D eigenvalue weighted by atomic mass is 9.94. The molecule has 3 rings (SSSR count). The van der Waals surface area contributed by atoms with Crippen LogP contribution >= 0.6 is 11.6 Å². The minimum Gasteiger partial charge on any atom is -0.327 e. The number of benzene rings is 2. The second-order valence-corrected chi connectivity index (χ2v) is 5.82. The quantitative estimate of drug-likeness (QED) is 0.798. The topological polar surface area (TPSA) is 70.2 Å². The van der Waals surface area contributed by atoms with Gasteiger partial charge in [-0.25, -0.2) is 4.79 Å². The number of para-hydroxylation sites is 1. The Morgan fingerprint density at radius 2 is 1.75 bits per heavy atom. The van der Waals surface area contributed by atoms with Gasteiger partial charge in [0.05, 0.1) is 11.6 Å². The van der Waals surface area contributed by atoms with Crippen LogP contribution in [0.3, 0.4) is 0 Å². The number of nitrogens with one attached hydrogen (secondary N) is 3. The van der Waals surface area contributed by atoms with Crippen molar-refractivity contribution in [1.82, 2.24) is 10.6 Å². The van der Waals surface area contributed by atoms with Gasteiger partial charge >= 0.3 is 6.03 Å². The van der Waals surface area contributed by atoms with Crippen LogP contribution in [-0.2, 0) is 4.79 Å². The molecule has 6 heteroatoms. The number of hydrogen-bond acceptors (Lipinski definition) is 2. The first-order valence-electron chi connectivity index (χ1n) is 7.45. The highest BCUT2D eigenvalue weighted by molar-refractivity contribution is 6.31. The van der Waals surface area contributed by atoms with Gasteiger partial charge in [0.25, 0.3) is 5.91 Å². The number of allylic oxidation sites excluding steroid dienone is 1. The lowest BCUT2D eigenvalue weighted by molar-refractivity contribution is -0.113. The van der Waals surface area contributed by atoms with Crippen LogP contribution in [0.15, 0.2) is 65.9 Å². The van der Waals surface area contributed by atoms with Crippen molar-refractivity contribution < 1.29 is 9.59 Å². The third-order valence-corrected chi connectivity index (χ3v) is 4.11. The smallest absolute Gasteiger partial charge is 0.319 e. The Labute approximate surface area is 144 Å². The molecule has 2 aromatic carbocycles. The van der Waals surface area contributed by atoms with Crippen LogP contribution in [0.5, 0.6) is 0 Å². The predicted octanol–water partition coefficient (Wildman–Crippen LogP) is 3.61. The number of amides is 3. The third kappa shape index (κ3) is 3.26. The molecule has 3 amide bonds. The molecule has 0 bridgehead atoms. The monoisotopic (exact) mass is 341 g/mol. The van der Waals surface area contributed by atoms with Gasteiger partial charge < -0.3 is 16.0 Å². The standard InChI is InChI=1S/C18H16ClN3O2/c1-11-15(17(23)21-12-7-3-2-4-8-12)16(22-18(24)20-11)13-9-5-6-10-14(13)19/h2-10,16H,1H3,(H,21,23)(H2,20,22,24)/t16-/m0/s1. The molecule has 3 N–H and O–H groups in total. The Bertz CT molecular complexity index is 818. The fourth-order valence-electron chi connectivity index (χ4n) is 2.66. The van der Waals surface area contributed by atoms with E-state index in [9.17, 15) is 9.59 Å². The largest absolute Gasteiger partial charge is 0.327 e. The van der Waals surface area contributed by atoms with E-state index < -0.39 is 6.04 Å². The maximum Gasteiger partial charge on any atom is 0.319 e. The molecule has 0 fully saturated rings. The molecule has 0 saturated carbocycles. The fourth-order valence-corrected chi connectivity index (χ4v) is 2.90. The normalized spacial score (nSPS) is 17.1. The number of urea groups is 1. The van der Waals surface area contributed by atoms with Gasteiger partial charge in [0, 0.05) is 16.4 Å². The Morgan fingerprint density at radius 1 is 1.08 bits per heavy atom. The van der Waals surface area contributed by atoms with E-state index in [1.165, 1.54) is 0 Å². The van der Waals surface area contributed by atoms with Crippen molar-refractivity contribution in [1.29, 1.82) is 0 Å². The van der Waals surface area contributed by atoms with Crippen LogP contribution in [0.25, 0.3) is 0 Å². The van der Waals surface area contributed by atoms with E-state index >= 15 is 0 Å². The molecule has 122 valence electrons. The molecule has 0 aliphatic carbocycles. The van der Waals surface area contributed by atoms with Crippen molar-refractivity contribution in [3.63, 3.8) is 0 Å². The van der Waals surface area contributed by atoms with Gasteiger partial charge in [-0.1, -0.05) is 48.0 Å². The Balaban J connectivity index is 1.98. The average molecular weight is 342 g/mol. The second-order valence-electron chi connectivity index (χ2n) is 5.41. The van der Waals surface area contributed by atoms with Gasteiger partial charge in [-0.2, -0.15) is 0 Å². The first-order valence-corrected chi connectivity index (χ1v) is 7.83. The zero-order chi connectivity index (χ0) is 17.1. The molecule has 5 nitrogen and oxygen atoms in total. The molecule has 0 aromatic heterocycles. The van der Waals surface area contributed by atoms with Crippen molar-refractivity contribution >= 4 is 29.2 Å². The summed E-state index contributed by atoms with van der Waals surface area (Å²) in [6.45, 7) is 1.70. The van der Waals surface area contributed by atoms with Crippen LogP contribution in [0.1, 0.15) is 18.5 Å². The molecule has 1 atom stereocenters. The van der Waals surface area contributed by atoms with E-state index in [0.717, 1.165) is 0 Å². The van der Waals surface area contributed by atoms with Gasteiger partial charge in [-0.3, -0.25) is 4.79 Å². The van der Waals surface area contributed by atoms with Gasteiger partial charge in [0.15, 0.2) is 0 Å².